The molecule has 0 saturated carbocycles. The molecule has 0 radical (unpaired) electrons. The SMILES string of the molecule is O=C(COC(=O)/C=C/c1c(F)cccc1Cl)NCc1ccccc1. The maximum Gasteiger partial charge on any atom is 0.331 e. The number of hydrogen-bond donors (Lipinski definition) is 1. The van der Waals surface area contributed by atoms with Crippen molar-refractivity contribution in [1.29, 1.82) is 0 Å². The fourth-order valence-electron chi connectivity index (χ4n) is 1.85. The summed E-state index contributed by atoms with van der Waals surface area (Å²) < 4.78 is 18.3. The molecule has 2 aromatic rings. The highest BCUT2D eigenvalue weighted by Crippen LogP contribution is 2.20. The fraction of sp³-hybridized carbons (Fsp3) is 0.111. The van der Waals surface area contributed by atoms with Gasteiger partial charge in [-0.2, -0.15) is 0 Å². The van der Waals surface area contributed by atoms with Crippen LogP contribution in [0.2, 0.25) is 5.02 Å². The van der Waals surface area contributed by atoms with Crippen molar-refractivity contribution in [2.24, 2.45) is 0 Å². The van der Waals surface area contributed by atoms with Gasteiger partial charge in [0, 0.05) is 18.2 Å². The van der Waals surface area contributed by atoms with E-state index in [9.17, 15) is 14.0 Å². The Morgan fingerprint density at radius 2 is 1.88 bits per heavy atom. The molecule has 0 bridgehead atoms. The van der Waals surface area contributed by atoms with E-state index in [1.165, 1.54) is 24.3 Å². The van der Waals surface area contributed by atoms with Crippen molar-refractivity contribution in [3.8, 4) is 0 Å². The van der Waals surface area contributed by atoms with Crippen LogP contribution >= 0.6 is 11.6 Å². The summed E-state index contributed by atoms with van der Waals surface area (Å²) in [5, 5.41) is 2.81. The third-order valence-electron chi connectivity index (χ3n) is 3.06. The van der Waals surface area contributed by atoms with Crippen molar-refractivity contribution in [2.75, 3.05) is 6.61 Å². The summed E-state index contributed by atoms with van der Waals surface area (Å²) in [6.07, 6.45) is 2.23. The second kappa shape index (κ2) is 8.84. The summed E-state index contributed by atoms with van der Waals surface area (Å²) in [4.78, 5) is 23.2. The van der Waals surface area contributed by atoms with Crippen molar-refractivity contribution < 1.29 is 18.7 Å². The van der Waals surface area contributed by atoms with E-state index in [2.05, 4.69) is 5.32 Å². The number of halogens is 2. The van der Waals surface area contributed by atoms with E-state index in [1.807, 2.05) is 30.3 Å². The number of rotatable bonds is 6. The van der Waals surface area contributed by atoms with E-state index >= 15 is 0 Å². The molecule has 6 heteroatoms. The van der Waals surface area contributed by atoms with Crippen LogP contribution in [0.3, 0.4) is 0 Å². The Balaban J connectivity index is 1.78. The lowest BCUT2D eigenvalue weighted by molar-refractivity contribution is -0.143. The highest BCUT2D eigenvalue weighted by atomic mass is 35.5. The van der Waals surface area contributed by atoms with Crippen molar-refractivity contribution in [1.82, 2.24) is 5.32 Å². The lowest BCUT2D eigenvalue weighted by Gasteiger charge is -2.05. The maximum absolute atomic E-state index is 13.5. The number of amides is 1. The molecule has 24 heavy (non-hydrogen) atoms. The lowest BCUT2D eigenvalue weighted by Crippen LogP contribution is -2.28. The minimum Gasteiger partial charge on any atom is -0.452 e. The first-order valence-electron chi connectivity index (χ1n) is 7.16. The average Bonchev–Trinajstić information content (AvgIpc) is 2.58. The number of benzene rings is 2. The quantitative estimate of drug-likeness (QED) is 0.644. The second-order valence-corrected chi connectivity index (χ2v) is 5.25. The number of nitrogens with one attached hydrogen (secondary N) is 1. The molecule has 4 nitrogen and oxygen atoms in total. The minimum atomic E-state index is -0.760. The third kappa shape index (κ3) is 5.52. The highest BCUT2D eigenvalue weighted by Gasteiger charge is 2.07. The van der Waals surface area contributed by atoms with Crippen LogP contribution in [-0.2, 0) is 20.9 Å². The van der Waals surface area contributed by atoms with Crippen LogP contribution in [0.1, 0.15) is 11.1 Å². The standard InChI is InChI=1S/C18H15ClFNO3/c19-15-7-4-8-16(20)14(15)9-10-18(23)24-12-17(22)21-11-13-5-2-1-3-6-13/h1-10H,11-12H2,(H,21,22)/b10-9+. The topological polar surface area (TPSA) is 55.4 Å². The van der Waals surface area contributed by atoms with Gasteiger partial charge in [-0.25, -0.2) is 9.18 Å². The van der Waals surface area contributed by atoms with E-state index < -0.39 is 24.3 Å². The van der Waals surface area contributed by atoms with Gasteiger partial charge in [0.1, 0.15) is 5.82 Å². The zero-order chi connectivity index (χ0) is 17.4. The van der Waals surface area contributed by atoms with Crippen LogP contribution in [0, 0.1) is 5.82 Å². The summed E-state index contributed by atoms with van der Waals surface area (Å²) >= 11 is 5.83. The molecule has 2 aromatic carbocycles. The predicted molar refractivity (Wildman–Crippen MR) is 89.7 cm³/mol. The molecule has 0 aliphatic carbocycles. The number of carbonyl (C=O) groups excluding carboxylic acids is 2. The average molecular weight is 348 g/mol. The molecule has 1 amide bonds. The molecule has 0 heterocycles. The van der Waals surface area contributed by atoms with Crippen LogP contribution in [0.25, 0.3) is 6.08 Å². The molecule has 0 aromatic heterocycles. The molecule has 2 rings (SSSR count). The van der Waals surface area contributed by atoms with E-state index in [-0.39, 0.29) is 10.6 Å². The van der Waals surface area contributed by atoms with Crippen LogP contribution in [0.15, 0.2) is 54.6 Å². The number of ether oxygens (including phenoxy) is 1. The van der Waals surface area contributed by atoms with Crippen molar-refractivity contribution >= 4 is 29.6 Å². The van der Waals surface area contributed by atoms with E-state index in [0.29, 0.717) is 6.54 Å². The molecule has 0 unspecified atom stereocenters. The molecule has 0 fully saturated rings. The van der Waals surface area contributed by atoms with Crippen molar-refractivity contribution in [3.63, 3.8) is 0 Å². The lowest BCUT2D eigenvalue weighted by atomic mass is 10.2. The van der Waals surface area contributed by atoms with Crippen LogP contribution < -0.4 is 5.32 Å². The normalized spacial score (nSPS) is 10.6. The first-order chi connectivity index (χ1) is 11.6. The summed E-state index contributed by atoms with van der Waals surface area (Å²) in [6, 6.07) is 13.5. The van der Waals surface area contributed by atoms with Gasteiger partial charge in [0.05, 0.1) is 5.02 Å². The maximum atomic E-state index is 13.5. The van der Waals surface area contributed by atoms with Gasteiger partial charge in [0.2, 0.25) is 0 Å². The number of esters is 1. The Morgan fingerprint density at radius 1 is 1.12 bits per heavy atom. The zero-order valence-electron chi connectivity index (χ0n) is 12.7. The van der Waals surface area contributed by atoms with Gasteiger partial charge >= 0.3 is 5.97 Å². The number of carbonyl (C=O) groups is 2. The van der Waals surface area contributed by atoms with Gasteiger partial charge in [-0.05, 0) is 23.8 Å². The molecule has 0 saturated heterocycles. The molecule has 0 atom stereocenters. The van der Waals surface area contributed by atoms with Gasteiger partial charge in [0.25, 0.3) is 5.91 Å². The summed E-state index contributed by atoms with van der Waals surface area (Å²) in [5.74, 6) is -1.74. The van der Waals surface area contributed by atoms with Crippen molar-refractivity contribution in [2.45, 2.75) is 6.54 Å². The van der Waals surface area contributed by atoms with Crippen LogP contribution in [0.4, 0.5) is 4.39 Å². The molecule has 1 N–H and O–H groups in total. The van der Waals surface area contributed by atoms with Gasteiger partial charge in [-0.15, -0.1) is 0 Å². The van der Waals surface area contributed by atoms with Gasteiger partial charge < -0.3 is 10.1 Å². The molecule has 124 valence electrons. The Kier molecular flexibility index (Phi) is 6.51. The van der Waals surface area contributed by atoms with Crippen molar-refractivity contribution in [3.05, 3.63) is 76.6 Å². The van der Waals surface area contributed by atoms with E-state index in [4.69, 9.17) is 16.3 Å². The summed E-state index contributed by atoms with van der Waals surface area (Å²) in [5.41, 5.74) is 1.02. The Bertz CT molecular complexity index is 727. The van der Waals surface area contributed by atoms with Gasteiger partial charge in [-0.1, -0.05) is 48.0 Å². The summed E-state index contributed by atoms with van der Waals surface area (Å²) in [6.45, 7) is -0.0705. The molecule has 0 aliphatic heterocycles. The first kappa shape index (κ1) is 17.7. The Labute approximate surface area is 143 Å². The van der Waals surface area contributed by atoms with Crippen LogP contribution in [-0.4, -0.2) is 18.5 Å². The molecular formula is C18H15ClFNO3. The first-order valence-corrected chi connectivity index (χ1v) is 7.53. The number of hydrogen-bond acceptors (Lipinski definition) is 3. The molecule has 0 spiro atoms. The van der Waals surface area contributed by atoms with Crippen LogP contribution in [0.5, 0.6) is 0 Å². The van der Waals surface area contributed by atoms with Gasteiger partial charge in [-0.3, -0.25) is 4.79 Å². The monoisotopic (exact) mass is 347 g/mol. The highest BCUT2D eigenvalue weighted by molar-refractivity contribution is 6.32. The predicted octanol–water partition coefficient (Wildman–Crippen LogP) is 3.35. The Morgan fingerprint density at radius 3 is 2.58 bits per heavy atom. The Hall–Kier alpha value is -2.66. The zero-order valence-corrected chi connectivity index (χ0v) is 13.4. The smallest absolute Gasteiger partial charge is 0.331 e. The summed E-state index contributed by atoms with van der Waals surface area (Å²) in [7, 11) is 0. The largest absolute Gasteiger partial charge is 0.452 e. The molecule has 0 aliphatic rings. The van der Waals surface area contributed by atoms with E-state index in [1.54, 1.807) is 0 Å². The minimum absolute atomic E-state index is 0.0876. The van der Waals surface area contributed by atoms with Gasteiger partial charge in [0.15, 0.2) is 6.61 Å². The van der Waals surface area contributed by atoms with E-state index in [0.717, 1.165) is 11.6 Å². The fourth-order valence-corrected chi connectivity index (χ4v) is 2.08. The molecular weight excluding hydrogens is 333 g/mol. The third-order valence-corrected chi connectivity index (χ3v) is 3.39. The second-order valence-electron chi connectivity index (χ2n) is 4.84.